The van der Waals surface area contributed by atoms with Crippen LogP contribution in [-0.2, 0) is 4.74 Å². The Balaban J connectivity index is 1.72. The molecule has 24 heavy (non-hydrogen) atoms. The molecule has 128 valence electrons. The summed E-state index contributed by atoms with van der Waals surface area (Å²) in [5.41, 5.74) is 5.07. The molecule has 4 nitrogen and oxygen atoms in total. The number of fused-ring (bicyclic) bond motifs is 1. The molecule has 1 N–H and O–H groups in total. The topological polar surface area (TPSA) is 37.4 Å². The van der Waals surface area contributed by atoms with Crippen molar-refractivity contribution in [2.75, 3.05) is 37.7 Å². The van der Waals surface area contributed by atoms with E-state index in [0.717, 1.165) is 57.0 Å². The first-order valence-electron chi connectivity index (χ1n) is 9.05. The second kappa shape index (κ2) is 6.01. The maximum absolute atomic E-state index is 6.21. The minimum atomic E-state index is 0.00961. The predicted molar refractivity (Wildman–Crippen MR) is 99.0 cm³/mol. The lowest BCUT2D eigenvalue weighted by atomic mass is 9.90. The smallest absolute Gasteiger partial charge is 0.129 e. The molecule has 2 fully saturated rings. The first-order valence-corrected chi connectivity index (χ1v) is 9.05. The summed E-state index contributed by atoms with van der Waals surface area (Å²) in [4.78, 5) is 7.49. The van der Waals surface area contributed by atoms with E-state index in [9.17, 15) is 0 Å². The van der Waals surface area contributed by atoms with Crippen molar-refractivity contribution in [2.24, 2.45) is 0 Å². The summed E-state index contributed by atoms with van der Waals surface area (Å²) < 4.78 is 6.21. The van der Waals surface area contributed by atoms with Crippen LogP contribution >= 0.6 is 0 Å². The van der Waals surface area contributed by atoms with E-state index in [1.807, 2.05) is 0 Å². The molecular formula is C20H27N3O. The fourth-order valence-corrected chi connectivity index (χ4v) is 4.07. The molecule has 4 heteroatoms. The van der Waals surface area contributed by atoms with E-state index < -0.39 is 0 Å². The van der Waals surface area contributed by atoms with Gasteiger partial charge in [-0.05, 0) is 69.5 Å². The highest BCUT2D eigenvalue weighted by Gasteiger charge is 2.38. The predicted octanol–water partition coefficient (Wildman–Crippen LogP) is 3.12. The summed E-state index contributed by atoms with van der Waals surface area (Å²) in [6, 6.07) is 6.65. The van der Waals surface area contributed by atoms with Gasteiger partial charge in [-0.3, -0.25) is 0 Å². The molecule has 0 aliphatic carbocycles. The Hall–Kier alpha value is -1.65. The number of benzene rings is 1. The number of rotatable bonds is 1. The fourth-order valence-electron chi connectivity index (χ4n) is 4.07. The number of anilines is 1. The van der Waals surface area contributed by atoms with Crippen molar-refractivity contribution < 1.29 is 4.74 Å². The molecule has 1 spiro atoms. The van der Waals surface area contributed by atoms with Gasteiger partial charge in [-0.15, -0.1) is 0 Å². The van der Waals surface area contributed by atoms with Crippen LogP contribution in [0.25, 0.3) is 10.9 Å². The number of hydrogen-bond donors (Lipinski definition) is 1. The number of hydrogen-bond acceptors (Lipinski definition) is 4. The molecular weight excluding hydrogens is 298 g/mol. The summed E-state index contributed by atoms with van der Waals surface area (Å²) in [5.74, 6) is 1.11. The molecule has 1 aromatic carbocycles. The molecule has 2 aliphatic heterocycles. The maximum atomic E-state index is 6.21. The molecule has 0 unspecified atom stereocenters. The number of pyridine rings is 1. The van der Waals surface area contributed by atoms with Crippen molar-refractivity contribution in [1.29, 1.82) is 0 Å². The van der Waals surface area contributed by atoms with Gasteiger partial charge in [0.25, 0.3) is 0 Å². The highest BCUT2D eigenvalue weighted by Crippen LogP contribution is 2.32. The van der Waals surface area contributed by atoms with Gasteiger partial charge in [0, 0.05) is 18.5 Å². The molecule has 1 aromatic heterocycles. The summed E-state index contributed by atoms with van der Waals surface area (Å²) in [6.45, 7) is 11.3. The van der Waals surface area contributed by atoms with Crippen molar-refractivity contribution >= 4 is 16.7 Å². The fraction of sp³-hybridized carbons (Fsp3) is 0.550. The second-order valence-corrected chi connectivity index (χ2v) is 7.40. The lowest BCUT2D eigenvalue weighted by molar-refractivity contribution is -0.0740. The molecule has 3 heterocycles. The first-order chi connectivity index (χ1) is 11.6. The Kier molecular flexibility index (Phi) is 3.97. The van der Waals surface area contributed by atoms with Crippen molar-refractivity contribution in [3.05, 3.63) is 34.9 Å². The number of aromatic nitrogens is 1. The summed E-state index contributed by atoms with van der Waals surface area (Å²) in [7, 11) is 0. The first kappa shape index (κ1) is 15.9. The third kappa shape index (κ3) is 2.68. The summed E-state index contributed by atoms with van der Waals surface area (Å²) >= 11 is 0. The molecule has 2 aromatic rings. The number of morpholine rings is 1. The number of nitrogens with one attached hydrogen (secondary N) is 1. The standard InChI is InChI=1S/C20H27N3O/c1-14-4-5-17-15(2)12-18(22-19(17)16(14)3)23-10-11-24-20(13-23)6-8-21-9-7-20/h4-5,12,21H,6-11,13H2,1-3H3. The van der Waals surface area contributed by atoms with Gasteiger partial charge in [-0.25, -0.2) is 4.98 Å². The van der Waals surface area contributed by atoms with Gasteiger partial charge < -0.3 is 15.0 Å². The van der Waals surface area contributed by atoms with Crippen LogP contribution < -0.4 is 10.2 Å². The Bertz CT molecular complexity index is 760. The second-order valence-electron chi connectivity index (χ2n) is 7.40. The van der Waals surface area contributed by atoms with Gasteiger partial charge in [0.05, 0.1) is 17.7 Å². The molecule has 0 radical (unpaired) electrons. The zero-order valence-corrected chi connectivity index (χ0v) is 15.0. The molecule has 0 amide bonds. The number of piperidine rings is 1. The van der Waals surface area contributed by atoms with Crippen LogP contribution in [0.3, 0.4) is 0 Å². The van der Waals surface area contributed by atoms with Crippen molar-refractivity contribution in [2.45, 2.75) is 39.2 Å². The van der Waals surface area contributed by atoms with Crippen LogP contribution in [-0.4, -0.2) is 43.4 Å². The molecule has 4 rings (SSSR count). The van der Waals surface area contributed by atoms with E-state index in [0.29, 0.717) is 0 Å². The maximum Gasteiger partial charge on any atom is 0.129 e. The van der Waals surface area contributed by atoms with Gasteiger partial charge in [0.15, 0.2) is 0 Å². The number of ether oxygens (including phenoxy) is 1. The zero-order chi connectivity index (χ0) is 16.7. The molecule has 0 saturated carbocycles. The Morgan fingerprint density at radius 2 is 1.92 bits per heavy atom. The normalized spacial score (nSPS) is 20.7. The molecule has 2 saturated heterocycles. The Labute approximate surface area is 144 Å². The third-order valence-electron chi connectivity index (χ3n) is 5.79. The Morgan fingerprint density at radius 3 is 2.71 bits per heavy atom. The van der Waals surface area contributed by atoms with E-state index in [2.05, 4.69) is 49.2 Å². The summed E-state index contributed by atoms with van der Waals surface area (Å²) in [5, 5.41) is 4.71. The molecule has 2 aliphatic rings. The number of aryl methyl sites for hydroxylation is 3. The van der Waals surface area contributed by atoms with Crippen LogP contribution in [0, 0.1) is 20.8 Å². The zero-order valence-electron chi connectivity index (χ0n) is 15.0. The third-order valence-corrected chi connectivity index (χ3v) is 5.79. The average Bonchev–Trinajstić information content (AvgIpc) is 2.59. The van der Waals surface area contributed by atoms with Crippen molar-refractivity contribution in [1.82, 2.24) is 10.3 Å². The van der Waals surface area contributed by atoms with Crippen LogP contribution in [0.2, 0.25) is 0 Å². The largest absolute Gasteiger partial charge is 0.371 e. The van der Waals surface area contributed by atoms with Crippen LogP contribution in [0.15, 0.2) is 18.2 Å². The van der Waals surface area contributed by atoms with E-state index >= 15 is 0 Å². The van der Waals surface area contributed by atoms with Crippen molar-refractivity contribution in [3.63, 3.8) is 0 Å². The van der Waals surface area contributed by atoms with E-state index in [4.69, 9.17) is 9.72 Å². The van der Waals surface area contributed by atoms with E-state index in [-0.39, 0.29) is 5.60 Å². The van der Waals surface area contributed by atoms with Gasteiger partial charge in [0.2, 0.25) is 0 Å². The minimum Gasteiger partial charge on any atom is -0.371 e. The van der Waals surface area contributed by atoms with Gasteiger partial charge in [-0.2, -0.15) is 0 Å². The van der Waals surface area contributed by atoms with Gasteiger partial charge in [0.1, 0.15) is 5.82 Å². The van der Waals surface area contributed by atoms with Gasteiger partial charge in [-0.1, -0.05) is 12.1 Å². The quantitative estimate of drug-likeness (QED) is 0.874. The van der Waals surface area contributed by atoms with Crippen LogP contribution in [0.5, 0.6) is 0 Å². The van der Waals surface area contributed by atoms with E-state index in [1.54, 1.807) is 0 Å². The minimum absolute atomic E-state index is 0.00961. The van der Waals surface area contributed by atoms with Crippen molar-refractivity contribution in [3.8, 4) is 0 Å². The lowest BCUT2D eigenvalue weighted by Crippen LogP contribution is -2.56. The molecule has 0 atom stereocenters. The SMILES string of the molecule is Cc1ccc2c(C)cc(N3CCOC4(CCNCC4)C3)nc2c1C. The lowest BCUT2D eigenvalue weighted by Gasteiger charge is -2.45. The summed E-state index contributed by atoms with van der Waals surface area (Å²) in [6.07, 6.45) is 2.18. The van der Waals surface area contributed by atoms with Crippen LogP contribution in [0.1, 0.15) is 29.5 Å². The van der Waals surface area contributed by atoms with Gasteiger partial charge >= 0.3 is 0 Å². The van der Waals surface area contributed by atoms with Crippen LogP contribution in [0.4, 0.5) is 5.82 Å². The average molecular weight is 325 g/mol. The highest BCUT2D eigenvalue weighted by atomic mass is 16.5. The van der Waals surface area contributed by atoms with E-state index in [1.165, 1.54) is 22.1 Å². The highest BCUT2D eigenvalue weighted by molar-refractivity contribution is 5.87. The monoisotopic (exact) mass is 325 g/mol. The Morgan fingerprint density at radius 1 is 1.12 bits per heavy atom. The molecule has 0 bridgehead atoms. The number of nitrogens with zero attached hydrogens (tertiary/aromatic N) is 2.